The van der Waals surface area contributed by atoms with E-state index in [2.05, 4.69) is 44.5 Å². The molecule has 1 aromatic heterocycles. The second kappa shape index (κ2) is 7.28. The van der Waals surface area contributed by atoms with Gasteiger partial charge < -0.3 is 14.8 Å². The lowest BCUT2D eigenvalue weighted by Gasteiger charge is -2.18. The lowest BCUT2D eigenvalue weighted by Crippen LogP contribution is -2.26. The van der Waals surface area contributed by atoms with Gasteiger partial charge in [-0.15, -0.1) is 0 Å². The van der Waals surface area contributed by atoms with E-state index >= 15 is 0 Å². The number of benzene rings is 1. The molecule has 6 nitrogen and oxygen atoms in total. The molecule has 0 spiro atoms. The third kappa shape index (κ3) is 3.71. The SMILES string of the molecule is COc1ncnc(NC2CCN(Cc3ccccc3)C2)c1OC. The van der Waals surface area contributed by atoms with Gasteiger partial charge in [-0.3, -0.25) is 4.90 Å². The van der Waals surface area contributed by atoms with Crippen LogP contribution in [-0.4, -0.2) is 48.2 Å². The minimum Gasteiger partial charge on any atom is -0.489 e. The Kier molecular flexibility index (Phi) is 4.92. The first-order valence-electron chi connectivity index (χ1n) is 7.76. The van der Waals surface area contributed by atoms with E-state index in [0.29, 0.717) is 23.5 Å². The molecule has 0 amide bonds. The highest BCUT2D eigenvalue weighted by molar-refractivity contribution is 5.55. The summed E-state index contributed by atoms with van der Waals surface area (Å²) in [6.45, 7) is 3.02. The van der Waals surface area contributed by atoms with Crippen molar-refractivity contribution in [1.29, 1.82) is 0 Å². The number of nitrogens with one attached hydrogen (secondary N) is 1. The predicted octanol–water partition coefficient (Wildman–Crippen LogP) is 2.18. The molecule has 1 N–H and O–H groups in total. The van der Waals surface area contributed by atoms with Crippen LogP contribution in [0.1, 0.15) is 12.0 Å². The molecule has 122 valence electrons. The minimum atomic E-state index is 0.340. The van der Waals surface area contributed by atoms with Crippen LogP contribution in [0.25, 0.3) is 0 Å². The number of likely N-dealkylation sites (tertiary alicyclic amines) is 1. The van der Waals surface area contributed by atoms with Crippen molar-refractivity contribution in [2.24, 2.45) is 0 Å². The Morgan fingerprint density at radius 3 is 2.74 bits per heavy atom. The summed E-state index contributed by atoms with van der Waals surface area (Å²) in [5.41, 5.74) is 1.34. The lowest BCUT2D eigenvalue weighted by molar-refractivity contribution is 0.328. The number of anilines is 1. The topological polar surface area (TPSA) is 59.5 Å². The van der Waals surface area contributed by atoms with E-state index in [9.17, 15) is 0 Å². The van der Waals surface area contributed by atoms with E-state index in [0.717, 1.165) is 26.1 Å². The Morgan fingerprint density at radius 2 is 2.00 bits per heavy atom. The van der Waals surface area contributed by atoms with Crippen molar-refractivity contribution in [3.8, 4) is 11.6 Å². The average molecular weight is 314 g/mol. The lowest BCUT2D eigenvalue weighted by atomic mass is 10.2. The molecule has 1 aliphatic rings. The molecule has 2 heterocycles. The zero-order valence-corrected chi connectivity index (χ0v) is 13.5. The zero-order valence-electron chi connectivity index (χ0n) is 13.5. The van der Waals surface area contributed by atoms with Gasteiger partial charge in [-0.25, -0.2) is 4.98 Å². The molecule has 1 saturated heterocycles. The number of hydrogen-bond donors (Lipinski definition) is 1. The summed E-state index contributed by atoms with van der Waals surface area (Å²) >= 11 is 0. The largest absolute Gasteiger partial charge is 0.489 e. The van der Waals surface area contributed by atoms with Gasteiger partial charge in [0.15, 0.2) is 5.82 Å². The van der Waals surface area contributed by atoms with Crippen LogP contribution < -0.4 is 14.8 Å². The van der Waals surface area contributed by atoms with Crippen LogP contribution in [0.2, 0.25) is 0 Å². The highest BCUT2D eigenvalue weighted by Crippen LogP contribution is 2.31. The van der Waals surface area contributed by atoms with Crippen LogP contribution in [0.15, 0.2) is 36.7 Å². The number of nitrogens with zero attached hydrogens (tertiary/aromatic N) is 3. The fourth-order valence-corrected chi connectivity index (χ4v) is 2.92. The second-order valence-electron chi connectivity index (χ2n) is 5.62. The number of ether oxygens (including phenoxy) is 2. The third-order valence-corrected chi connectivity index (χ3v) is 4.03. The average Bonchev–Trinajstić information content (AvgIpc) is 3.02. The summed E-state index contributed by atoms with van der Waals surface area (Å²) in [7, 11) is 3.18. The summed E-state index contributed by atoms with van der Waals surface area (Å²) in [5, 5.41) is 3.45. The molecule has 1 unspecified atom stereocenters. The van der Waals surface area contributed by atoms with E-state index in [1.807, 2.05) is 6.07 Å². The maximum atomic E-state index is 5.37. The number of methoxy groups -OCH3 is 2. The Hall–Kier alpha value is -2.34. The molecule has 0 bridgehead atoms. The normalized spacial score (nSPS) is 17.9. The van der Waals surface area contributed by atoms with Gasteiger partial charge >= 0.3 is 0 Å². The van der Waals surface area contributed by atoms with Crippen LogP contribution in [0.3, 0.4) is 0 Å². The molecule has 2 aromatic rings. The van der Waals surface area contributed by atoms with Gasteiger partial charge in [-0.2, -0.15) is 4.98 Å². The van der Waals surface area contributed by atoms with Crippen molar-refractivity contribution in [1.82, 2.24) is 14.9 Å². The van der Waals surface area contributed by atoms with E-state index in [1.165, 1.54) is 11.9 Å². The van der Waals surface area contributed by atoms with Crippen LogP contribution in [0, 0.1) is 0 Å². The predicted molar refractivity (Wildman–Crippen MR) is 88.9 cm³/mol. The van der Waals surface area contributed by atoms with Crippen molar-refractivity contribution in [3.63, 3.8) is 0 Å². The third-order valence-electron chi connectivity index (χ3n) is 4.03. The van der Waals surface area contributed by atoms with Gasteiger partial charge in [-0.05, 0) is 12.0 Å². The quantitative estimate of drug-likeness (QED) is 0.882. The molecule has 1 fully saturated rings. The summed E-state index contributed by atoms with van der Waals surface area (Å²) in [6.07, 6.45) is 2.56. The van der Waals surface area contributed by atoms with Crippen LogP contribution in [-0.2, 0) is 6.54 Å². The molecular formula is C17H22N4O2. The molecule has 0 aliphatic carbocycles. The summed E-state index contributed by atoms with van der Waals surface area (Å²) in [5.74, 6) is 1.69. The van der Waals surface area contributed by atoms with Crippen LogP contribution in [0.5, 0.6) is 11.6 Å². The molecule has 1 aromatic carbocycles. The van der Waals surface area contributed by atoms with Crippen LogP contribution in [0.4, 0.5) is 5.82 Å². The van der Waals surface area contributed by atoms with E-state index in [1.54, 1.807) is 14.2 Å². The van der Waals surface area contributed by atoms with E-state index < -0.39 is 0 Å². The summed E-state index contributed by atoms with van der Waals surface area (Å²) in [6, 6.07) is 10.9. The standard InChI is InChI=1S/C17H22N4O2/c1-22-15-16(18-12-19-17(15)23-2)20-14-8-9-21(11-14)10-13-6-4-3-5-7-13/h3-7,12,14H,8-11H2,1-2H3,(H,18,19,20). The molecule has 1 aliphatic heterocycles. The fraction of sp³-hybridized carbons (Fsp3) is 0.412. The fourth-order valence-electron chi connectivity index (χ4n) is 2.92. The zero-order chi connectivity index (χ0) is 16.1. The maximum absolute atomic E-state index is 5.37. The van der Waals surface area contributed by atoms with Crippen molar-refractivity contribution in [2.45, 2.75) is 19.0 Å². The Bertz CT molecular complexity index is 636. The molecule has 6 heteroatoms. The number of aromatic nitrogens is 2. The minimum absolute atomic E-state index is 0.340. The Balaban J connectivity index is 1.62. The van der Waals surface area contributed by atoms with Gasteiger partial charge in [0.25, 0.3) is 5.88 Å². The van der Waals surface area contributed by atoms with Gasteiger partial charge in [-0.1, -0.05) is 30.3 Å². The summed E-state index contributed by atoms with van der Waals surface area (Å²) < 4.78 is 10.6. The molecule has 1 atom stereocenters. The van der Waals surface area contributed by atoms with Crippen LogP contribution >= 0.6 is 0 Å². The highest BCUT2D eigenvalue weighted by Gasteiger charge is 2.24. The Morgan fingerprint density at radius 1 is 1.17 bits per heavy atom. The highest BCUT2D eigenvalue weighted by atomic mass is 16.5. The van der Waals surface area contributed by atoms with Crippen molar-refractivity contribution in [2.75, 3.05) is 32.6 Å². The van der Waals surface area contributed by atoms with Crippen molar-refractivity contribution >= 4 is 5.82 Å². The molecular weight excluding hydrogens is 292 g/mol. The van der Waals surface area contributed by atoms with E-state index in [-0.39, 0.29) is 0 Å². The van der Waals surface area contributed by atoms with Gasteiger partial charge in [0.2, 0.25) is 5.75 Å². The van der Waals surface area contributed by atoms with Gasteiger partial charge in [0.05, 0.1) is 14.2 Å². The molecule has 23 heavy (non-hydrogen) atoms. The van der Waals surface area contributed by atoms with Gasteiger partial charge in [0, 0.05) is 25.7 Å². The maximum Gasteiger partial charge on any atom is 0.262 e. The molecule has 3 rings (SSSR count). The van der Waals surface area contributed by atoms with Crippen molar-refractivity contribution < 1.29 is 9.47 Å². The first-order valence-corrected chi connectivity index (χ1v) is 7.76. The first-order chi connectivity index (χ1) is 11.3. The smallest absolute Gasteiger partial charge is 0.262 e. The Labute approximate surface area is 136 Å². The number of hydrogen-bond acceptors (Lipinski definition) is 6. The molecule has 0 saturated carbocycles. The summed E-state index contributed by atoms with van der Waals surface area (Å²) in [4.78, 5) is 10.8. The first kappa shape index (κ1) is 15.6. The van der Waals surface area contributed by atoms with E-state index in [4.69, 9.17) is 9.47 Å². The number of rotatable bonds is 6. The van der Waals surface area contributed by atoms with Gasteiger partial charge in [0.1, 0.15) is 6.33 Å². The monoisotopic (exact) mass is 314 g/mol. The second-order valence-corrected chi connectivity index (χ2v) is 5.62. The van der Waals surface area contributed by atoms with Crippen molar-refractivity contribution in [3.05, 3.63) is 42.2 Å². The molecule has 0 radical (unpaired) electrons.